The number of thioether (sulfide) groups is 1. The van der Waals surface area contributed by atoms with Crippen molar-refractivity contribution in [2.75, 3.05) is 42.4 Å². The largest absolute Gasteiger partial charge is 0.377 e. The Morgan fingerprint density at radius 1 is 1.36 bits per heavy atom. The summed E-state index contributed by atoms with van der Waals surface area (Å²) in [5.74, 6) is 0.288. The van der Waals surface area contributed by atoms with Crippen molar-refractivity contribution in [2.45, 2.75) is 5.16 Å². The Bertz CT molecular complexity index is 616. The topological polar surface area (TPSA) is 97.3 Å². The van der Waals surface area contributed by atoms with Crippen LogP contribution in [-0.4, -0.2) is 53.2 Å². The number of nitrogens with one attached hydrogen (secondary N) is 1. The van der Waals surface area contributed by atoms with Gasteiger partial charge in [-0.15, -0.1) is 5.01 Å². The zero-order chi connectivity index (χ0) is 15.2. The number of amides is 1. The van der Waals surface area contributed by atoms with Crippen LogP contribution in [0.3, 0.4) is 0 Å². The van der Waals surface area contributed by atoms with Gasteiger partial charge in [0.1, 0.15) is 0 Å². The molecule has 0 saturated carbocycles. The Morgan fingerprint density at radius 3 is 2.91 bits per heavy atom. The zero-order valence-electron chi connectivity index (χ0n) is 11.7. The van der Waals surface area contributed by atoms with E-state index < -0.39 is 0 Å². The van der Waals surface area contributed by atoms with Gasteiger partial charge in [0.2, 0.25) is 11.2 Å². The summed E-state index contributed by atoms with van der Waals surface area (Å²) in [4.78, 5) is 21.5. The predicted octanol–water partition coefficient (Wildman–Crippen LogP) is -0.549. The van der Waals surface area contributed by atoms with Gasteiger partial charge in [-0.05, 0) is 6.07 Å². The van der Waals surface area contributed by atoms with Crippen molar-refractivity contribution in [2.24, 2.45) is 0 Å². The molecule has 3 heterocycles. The molecule has 1 fully saturated rings. The van der Waals surface area contributed by atoms with Gasteiger partial charge in [0.05, 0.1) is 36.8 Å². The SMILES string of the molecule is O=C(CSc1ncccn1)Nc1c[n+](N2CCOCC2)no1. The highest BCUT2D eigenvalue weighted by molar-refractivity contribution is 7.99. The average Bonchev–Trinajstić information content (AvgIpc) is 3.03. The quantitative estimate of drug-likeness (QED) is 0.445. The molecule has 1 N–H and O–H groups in total. The van der Waals surface area contributed by atoms with Crippen LogP contribution in [0, 0.1) is 0 Å². The lowest BCUT2D eigenvalue weighted by Crippen LogP contribution is -2.62. The van der Waals surface area contributed by atoms with Crippen molar-refractivity contribution in [1.29, 1.82) is 0 Å². The molecule has 2 aromatic rings. The van der Waals surface area contributed by atoms with Crippen LogP contribution >= 0.6 is 11.8 Å². The molecule has 0 aliphatic carbocycles. The van der Waals surface area contributed by atoms with Crippen LogP contribution in [0.15, 0.2) is 34.3 Å². The molecule has 22 heavy (non-hydrogen) atoms. The molecule has 1 aliphatic heterocycles. The van der Waals surface area contributed by atoms with Crippen molar-refractivity contribution in [3.05, 3.63) is 24.7 Å². The van der Waals surface area contributed by atoms with Crippen LogP contribution in [0.4, 0.5) is 5.88 Å². The number of ether oxygens (including phenoxy) is 1. The molecular formula is C12H15N6O3S+. The molecule has 1 aliphatic rings. The van der Waals surface area contributed by atoms with Gasteiger partial charge in [-0.2, -0.15) is 0 Å². The molecule has 3 rings (SSSR count). The Balaban J connectivity index is 1.50. The first-order valence-electron chi connectivity index (χ1n) is 6.72. The van der Waals surface area contributed by atoms with E-state index in [0.717, 1.165) is 13.1 Å². The van der Waals surface area contributed by atoms with Gasteiger partial charge in [-0.3, -0.25) is 14.6 Å². The van der Waals surface area contributed by atoms with E-state index in [4.69, 9.17) is 9.26 Å². The Morgan fingerprint density at radius 2 is 2.14 bits per heavy atom. The van der Waals surface area contributed by atoms with Crippen molar-refractivity contribution in [3.63, 3.8) is 0 Å². The average molecular weight is 323 g/mol. The maximum Gasteiger partial charge on any atom is 0.305 e. The fourth-order valence-corrected chi connectivity index (χ4v) is 2.45. The van der Waals surface area contributed by atoms with Crippen molar-refractivity contribution >= 4 is 23.6 Å². The summed E-state index contributed by atoms with van der Waals surface area (Å²) >= 11 is 1.25. The number of hydrogen-bond donors (Lipinski definition) is 1. The van der Waals surface area contributed by atoms with E-state index in [0.29, 0.717) is 24.3 Å². The van der Waals surface area contributed by atoms with Gasteiger partial charge in [0.25, 0.3) is 6.20 Å². The molecule has 116 valence electrons. The number of hydrogen-bond acceptors (Lipinski definition) is 8. The summed E-state index contributed by atoms with van der Waals surface area (Å²) in [6.45, 7) is 2.75. The number of morpholine rings is 1. The molecule has 1 saturated heterocycles. The smallest absolute Gasteiger partial charge is 0.305 e. The summed E-state index contributed by atoms with van der Waals surface area (Å²) in [7, 11) is 0. The van der Waals surface area contributed by atoms with E-state index >= 15 is 0 Å². The molecule has 0 aromatic carbocycles. The summed E-state index contributed by atoms with van der Waals surface area (Å²) in [6.07, 6.45) is 4.90. The third-order valence-corrected chi connectivity index (χ3v) is 3.75. The molecule has 10 heteroatoms. The third-order valence-electron chi connectivity index (χ3n) is 2.87. The highest BCUT2D eigenvalue weighted by Gasteiger charge is 2.23. The standard InChI is InChI=1S/C12H14N6O3S/c19-10(9-22-12-13-2-1-3-14-12)15-11-8-18(16-21-11)17-4-6-20-7-5-17/h1-3,8H,4-7,9H2/p+1. The second-order valence-electron chi connectivity index (χ2n) is 4.42. The zero-order valence-corrected chi connectivity index (χ0v) is 12.5. The van der Waals surface area contributed by atoms with Gasteiger partial charge in [-0.25, -0.2) is 9.97 Å². The predicted molar refractivity (Wildman–Crippen MR) is 76.9 cm³/mol. The summed E-state index contributed by atoms with van der Waals surface area (Å²) in [5.41, 5.74) is 0. The first-order chi connectivity index (χ1) is 10.8. The number of rotatable bonds is 5. The number of anilines is 1. The fraction of sp³-hybridized carbons (Fsp3) is 0.417. The lowest BCUT2D eigenvalue weighted by Gasteiger charge is -2.18. The summed E-state index contributed by atoms with van der Waals surface area (Å²) in [5, 5.41) is 9.05. The minimum Gasteiger partial charge on any atom is -0.377 e. The molecule has 2 aromatic heterocycles. The molecule has 9 nitrogen and oxygen atoms in total. The maximum absolute atomic E-state index is 11.9. The van der Waals surface area contributed by atoms with E-state index in [1.54, 1.807) is 29.4 Å². The molecule has 0 radical (unpaired) electrons. The normalized spacial score (nSPS) is 14.8. The maximum atomic E-state index is 11.9. The number of nitrogens with zero attached hydrogens (tertiary/aromatic N) is 5. The van der Waals surface area contributed by atoms with Crippen LogP contribution < -0.4 is 15.1 Å². The van der Waals surface area contributed by atoms with Crippen LogP contribution in [0.5, 0.6) is 0 Å². The second kappa shape index (κ2) is 7.18. The monoisotopic (exact) mass is 323 g/mol. The summed E-state index contributed by atoms with van der Waals surface area (Å²) in [6, 6.07) is 1.73. The lowest BCUT2D eigenvalue weighted by atomic mass is 10.5. The minimum atomic E-state index is -0.206. The molecule has 0 spiro atoms. The lowest BCUT2D eigenvalue weighted by molar-refractivity contribution is -0.759. The second-order valence-corrected chi connectivity index (χ2v) is 5.36. The highest BCUT2D eigenvalue weighted by Crippen LogP contribution is 2.11. The van der Waals surface area contributed by atoms with E-state index in [1.807, 2.05) is 5.01 Å². The van der Waals surface area contributed by atoms with Crippen molar-refractivity contribution in [1.82, 2.24) is 15.2 Å². The van der Waals surface area contributed by atoms with Crippen LogP contribution in [0.1, 0.15) is 0 Å². The Labute approximate surface area is 130 Å². The van der Waals surface area contributed by atoms with Gasteiger partial charge in [0, 0.05) is 12.4 Å². The summed E-state index contributed by atoms with van der Waals surface area (Å²) < 4.78 is 10.4. The van der Waals surface area contributed by atoms with Crippen LogP contribution in [-0.2, 0) is 9.53 Å². The first kappa shape index (κ1) is 14.7. The van der Waals surface area contributed by atoms with Gasteiger partial charge < -0.3 is 4.74 Å². The van der Waals surface area contributed by atoms with E-state index in [2.05, 4.69) is 20.6 Å². The van der Waals surface area contributed by atoms with E-state index in [1.165, 1.54) is 11.8 Å². The molecular weight excluding hydrogens is 308 g/mol. The molecule has 0 atom stereocenters. The van der Waals surface area contributed by atoms with Crippen molar-refractivity contribution < 1.29 is 18.8 Å². The van der Waals surface area contributed by atoms with Gasteiger partial charge in [0.15, 0.2) is 5.16 Å². The fourth-order valence-electron chi connectivity index (χ4n) is 1.85. The van der Waals surface area contributed by atoms with Gasteiger partial charge >= 0.3 is 5.88 Å². The number of carbonyl (C=O) groups is 1. The molecule has 1 amide bonds. The highest BCUT2D eigenvalue weighted by atomic mass is 32.2. The van der Waals surface area contributed by atoms with E-state index in [-0.39, 0.29) is 11.7 Å². The molecule has 0 unspecified atom stereocenters. The van der Waals surface area contributed by atoms with Crippen LogP contribution in [0.2, 0.25) is 0 Å². The van der Waals surface area contributed by atoms with Crippen molar-refractivity contribution in [3.8, 4) is 0 Å². The van der Waals surface area contributed by atoms with Crippen LogP contribution in [0.25, 0.3) is 0 Å². The Kier molecular flexibility index (Phi) is 4.81. The number of aromatic nitrogens is 4. The minimum absolute atomic E-state index is 0.197. The Hall–Kier alpha value is -2.20. The van der Waals surface area contributed by atoms with Gasteiger partial charge in [-0.1, -0.05) is 11.8 Å². The number of carbonyl (C=O) groups excluding carboxylic acids is 1. The van der Waals surface area contributed by atoms with E-state index in [9.17, 15) is 4.79 Å². The molecule has 0 bridgehead atoms. The third kappa shape index (κ3) is 3.92. The first-order valence-corrected chi connectivity index (χ1v) is 7.71.